The lowest BCUT2D eigenvalue weighted by Crippen LogP contribution is -2.50. The normalized spacial score (nSPS) is 32.2. The van der Waals surface area contributed by atoms with Crippen molar-refractivity contribution >= 4 is 34.2 Å². The average molecular weight is 407 g/mol. The number of thiophene rings is 1. The molecule has 3 heterocycles. The second-order valence-electron chi connectivity index (χ2n) is 8.44. The van der Waals surface area contributed by atoms with Gasteiger partial charge in [-0.2, -0.15) is 0 Å². The Balaban J connectivity index is 1.71. The number of carbonyl (C=O) groups is 3. The van der Waals surface area contributed by atoms with Crippen molar-refractivity contribution in [3.8, 4) is 0 Å². The van der Waals surface area contributed by atoms with E-state index in [1.165, 1.54) is 11.3 Å². The summed E-state index contributed by atoms with van der Waals surface area (Å²) >= 11 is 1.32. The van der Waals surface area contributed by atoms with E-state index in [0.29, 0.717) is 30.0 Å². The Morgan fingerprint density at radius 3 is 2.57 bits per heavy atom. The van der Waals surface area contributed by atoms with Crippen LogP contribution in [0, 0.1) is 10.8 Å². The SMILES string of the molecule is CCOC(=O)c1c(NC(=O)[C@]23CC[C@@](C)(C(=O)O2)C3(C)C)sc2c1C(C)OC2. The molecule has 1 amide bonds. The Bertz CT molecular complexity index is 890. The molecule has 0 spiro atoms. The third-order valence-corrected chi connectivity index (χ3v) is 8.14. The van der Waals surface area contributed by atoms with Gasteiger partial charge in [-0.3, -0.25) is 9.59 Å². The second kappa shape index (κ2) is 6.03. The summed E-state index contributed by atoms with van der Waals surface area (Å²) in [6.45, 7) is 9.91. The first kappa shape index (κ1) is 19.4. The van der Waals surface area contributed by atoms with Gasteiger partial charge >= 0.3 is 11.9 Å². The number of nitrogens with one attached hydrogen (secondary N) is 1. The highest BCUT2D eigenvalue weighted by atomic mass is 32.1. The Hall–Kier alpha value is -1.93. The zero-order valence-corrected chi connectivity index (χ0v) is 17.6. The molecule has 8 heteroatoms. The number of rotatable bonds is 4. The molecule has 2 fully saturated rings. The van der Waals surface area contributed by atoms with Gasteiger partial charge in [0.15, 0.2) is 5.60 Å². The van der Waals surface area contributed by atoms with Crippen LogP contribution >= 0.6 is 11.3 Å². The minimum atomic E-state index is -1.23. The topological polar surface area (TPSA) is 90.9 Å². The number of fused-ring (bicyclic) bond motifs is 3. The fraction of sp³-hybridized carbons (Fsp3) is 0.650. The predicted molar refractivity (Wildman–Crippen MR) is 102 cm³/mol. The van der Waals surface area contributed by atoms with Gasteiger partial charge in [-0.1, -0.05) is 13.8 Å². The molecule has 1 aromatic rings. The van der Waals surface area contributed by atoms with Gasteiger partial charge in [0.05, 0.1) is 24.7 Å². The van der Waals surface area contributed by atoms with Crippen molar-refractivity contribution in [1.82, 2.24) is 0 Å². The predicted octanol–water partition coefficient (Wildman–Crippen LogP) is 3.58. The Labute approximate surface area is 167 Å². The highest BCUT2D eigenvalue weighted by molar-refractivity contribution is 7.17. The molecule has 4 rings (SSSR count). The molecule has 3 atom stereocenters. The Kier molecular flexibility index (Phi) is 4.18. The van der Waals surface area contributed by atoms with Crippen LogP contribution < -0.4 is 5.32 Å². The summed E-state index contributed by atoms with van der Waals surface area (Å²) in [6, 6.07) is 0. The zero-order valence-electron chi connectivity index (χ0n) is 16.8. The molecule has 0 radical (unpaired) electrons. The number of anilines is 1. The van der Waals surface area contributed by atoms with Crippen LogP contribution in [-0.4, -0.2) is 30.1 Å². The number of amides is 1. The lowest BCUT2D eigenvalue weighted by Gasteiger charge is -2.35. The highest BCUT2D eigenvalue weighted by Crippen LogP contribution is 2.65. The molecule has 28 heavy (non-hydrogen) atoms. The lowest BCUT2D eigenvalue weighted by atomic mass is 9.66. The van der Waals surface area contributed by atoms with E-state index in [0.717, 1.165) is 10.4 Å². The number of hydrogen-bond acceptors (Lipinski definition) is 7. The van der Waals surface area contributed by atoms with Crippen LogP contribution in [0.25, 0.3) is 0 Å². The van der Waals surface area contributed by atoms with Crippen molar-refractivity contribution in [2.45, 2.75) is 65.8 Å². The smallest absolute Gasteiger partial charge is 0.341 e. The first-order valence-electron chi connectivity index (χ1n) is 9.58. The minimum Gasteiger partial charge on any atom is -0.462 e. The Morgan fingerprint density at radius 1 is 1.29 bits per heavy atom. The summed E-state index contributed by atoms with van der Waals surface area (Å²) in [5.41, 5.74) is -1.45. The molecule has 7 nitrogen and oxygen atoms in total. The minimum absolute atomic E-state index is 0.235. The second-order valence-corrected chi connectivity index (χ2v) is 9.55. The van der Waals surface area contributed by atoms with Gasteiger partial charge in [0.1, 0.15) is 10.6 Å². The molecule has 1 aromatic heterocycles. The van der Waals surface area contributed by atoms with E-state index in [2.05, 4.69) is 5.32 Å². The van der Waals surface area contributed by atoms with Gasteiger partial charge in [0.25, 0.3) is 5.91 Å². The van der Waals surface area contributed by atoms with Gasteiger partial charge in [-0.15, -0.1) is 11.3 Å². The summed E-state index contributed by atoms with van der Waals surface area (Å²) < 4.78 is 16.5. The fourth-order valence-corrected chi connectivity index (χ4v) is 5.95. The van der Waals surface area contributed by atoms with Crippen molar-refractivity contribution < 1.29 is 28.6 Å². The number of ether oxygens (including phenoxy) is 3. The summed E-state index contributed by atoms with van der Waals surface area (Å²) in [6.07, 6.45) is 0.820. The van der Waals surface area contributed by atoms with Crippen molar-refractivity contribution in [3.05, 3.63) is 16.0 Å². The fourth-order valence-electron chi connectivity index (χ4n) is 4.76. The van der Waals surface area contributed by atoms with Gasteiger partial charge in [-0.05, 0) is 33.6 Å². The number of carbonyl (C=O) groups excluding carboxylic acids is 3. The molecule has 1 saturated carbocycles. The van der Waals surface area contributed by atoms with E-state index in [1.54, 1.807) is 6.92 Å². The van der Waals surface area contributed by atoms with Gasteiger partial charge in [-0.25, -0.2) is 4.79 Å². The van der Waals surface area contributed by atoms with E-state index in [9.17, 15) is 14.4 Å². The van der Waals surface area contributed by atoms with Crippen LogP contribution in [0.5, 0.6) is 0 Å². The van der Waals surface area contributed by atoms with Crippen molar-refractivity contribution in [2.75, 3.05) is 11.9 Å². The van der Waals surface area contributed by atoms with Gasteiger partial charge in [0, 0.05) is 15.9 Å². The van der Waals surface area contributed by atoms with E-state index >= 15 is 0 Å². The molecule has 1 aliphatic carbocycles. The maximum Gasteiger partial charge on any atom is 0.341 e. The average Bonchev–Trinajstić information content (AvgIpc) is 3.25. The first-order chi connectivity index (χ1) is 13.1. The van der Waals surface area contributed by atoms with Crippen molar-refractivity contribution in [3.63, 3.8) is 0 Å². The maximum atomic E-state index is 13.4. The molecule has 2 bridgehead atoms. The van der Waals surface area contributed by atoms with Crippen LogP contribution in [0.3, 0.4) is 0 Å². The molecule has 1 unspecified atom stereocenters. The van der Waals surface area contributed by atoms with E-state index in [-0.39, 0.29) is 24.6 Å². The molecule has 2 aliphatic heterocycles. The largest absolute Gasteiger partial charge is 0.462 e. The lowest BCUT2D eigenvalue weighted by molar-refractivity contribution is -0.165. The maximum absolute atomic E-state index is 13.4. The van der Waals surface area contributed by atoms with E-state index < -0.39 is 22.4 Å². The molecule has 3 aliphatic rings. The quantitative estimate of drug-likeness (QED) is 0.767. The summed E-state index contributed by atoms with van der Waals surface area (Å²) in [4.78, 5) is 39.4. The monoisotopic (exact) mass is 407 g/mol. The highest BCUT2D eigenvalue weighted by Gasteiger charge is 2.75. The summed E-state index contributed by atoms with van der Waals surface area (Å²) in [5, 5.41) is 3.34. The van der Waals surface area contributed by atoms with Gasteiger partial charge < -0.3 is 19.5 Å². The molecular weight excluding hydrogens is 382 g/mol. The molecule has 1 saturated heterocycles. The zero-order chi connectivity index (χ0) is 20.5. The van der Waals surface area contributed by atoms with Crippen LogP contribution in [-0.2, 0) is 30.4 Å². The molecular formula is C20H25NO6S. The molecule has 0 aromatic carbocycles. The summed E-state index contributed by atoms with van der Waals surface area (Å²) in [5.74, 6) is -1.20. The van der Waals surface area contributed by atoms with E-state index in [1.807, 2.05) is 27.7 Å². The Morgan fingerprint density at radius 2 is 2.00 bits per heavy atom. The summed E-state index contributed by atoms with van der Waals surface area (Å²) in [7, 11) is 0. The van der Waals surface area contributed by atoms with Crippen molar-refractivity contribution in [2.24, 2.45) is 10.8 Å². The molecule has 152 valence electrons. The third kappa shape index (κ3) is 2.21. The van der Waals surface area contributed by atoms with E-state index in [4.69, 9.17) is 14.2 Å². The van der Waals surface area contributed by atoms with Gasteiger partial charge in [0.2, 0.25) is 0 Å². The van der Waals surface area contributed by atoms with Crippen molar-refractivity contribution in [1.29, 1.82) is 0 Å². The van der Waals surface area contributed by atoms with Crippen LogP contribution in [0.15, 0.2) is 0 Å². The third-order valence-electron chi connectivity index (χ3n) is 7.05. The number of hydrogen-bond donors (Lipinski definition) is 1. The number of esters is 2. The van der Waals surface area contributed by atoms with Crippen LogP contribution in [0.4, 0.5) is 5.00 Å². The molecule has 1 N–H and O–H groups in total. The van der Waals surface area contributed by atoms with Crippen LogP contribution in [0.2, 0.25) is 0 Å². The van der Waals surface area contributed by atoms with Crippen LogP contribution in [0.1, 0.15) is 74.4 Å². The first-order valence-corrected chi connectivity index (χ1v) is 10.4. The standard InChI is InChI=1S/C20H25NO6S/c1-6-25-15(22)13-12-10(2)26-9-11(12)28-14(13)21-16(23)20-8-7-19(5,17(24)27-20)18(20,3)4/h10H,6-9H2,1-5H3,(H,21,23)/t10?,19-,20-/m0/s1.